The second kappa shape index (κ2) is 6.57. The van der Waals surface area contributed by atoms with Gasteiger partial charge in [-0.25, -0.2) is 4.98 Å². The molecule has 0 aliphatic heterocycles. The van der Waals surface area contributed by atoms with Crippen LogP contribution in [0.3, 0.4) is 0 Å². The molecule has 0 atom stereocenters. The van der Waals surface area contributed by atoms with Crippen molar-refractivity contribution >= 4 is 0 Å². The van der Waals surface area contributed by atoms with Gasteiger partial charge in [0.15, 0.2) is 0 Å². The Morgan fingerprint density at radius 1 is 1.15 bits per heavy atom. The summed E-state index contributed by atoms with van der Waals surface area (Å²) in [5.41, 5.74) is 5.32. The van der Waals surface area contributed by atoms with Crippen molar-refractivity contribution in [2.75, 3.05) is 6.54 Å². The predicted molar refractivity (Wildman–Crippen MR) is 72.2 cm³/mol. The SMILES string of the molecule is NCCCC1CCC(c2cccc(C(F)(F)F)n2)CC1. The molecule has 0 aromatic carbocycles. The number of nitrogens with zero attached hydrogens (tertiary/aromatic N) is 1. The van der Waals surface area contributed by atoms with Crippen molar-refractivity contribution in [2.45, 2.75) is 50.6 Å². The molecule has 1 fully saturated rings. The Hall–Kier alpha value is -1.10. The summed E-state index contributed by atoms with van der Waals surface area (Å²) >= 11 is 0. The van der Waals surface area contributed by atoms with E-state index < -0.39 is 11.9 Å². The molecule has 20 heavy (non-hydrogen) atoms. The van der Waals surface area contributed by atoms with E-state index in [-0.39, 0.29) is 5.92 Å². The summed E-state index contributed by atoms with van der Waals surface area (Å²) in [6, 6.07) is 4.22. The normalized spacial score (nSPS) is 23.8. The van der Waals surface area contributed by atoms with Gasteiger partial charge in [0, 0.05) is 11.6 Å². The third-order valence-electron chi connectivity index (χ3n) is 4.14. The zero-order chi connectivity index (χ0) is 14.6. The van der Waals surface area contributed by atoms with Crippen LogP contribution in [0.4, 0.5) is 13.2 Å². The maximum absolute atomic E-state index is 12.7. The average Bonchev–Trinajstić information content (AvgIpc) is 2.45. The molecule has 0 radical (unpaired) electrons. The number of alkyl halides is 3. The minimum atomic E-state index is -4.35. The zero-order valence-electron chi connectivity index (χ0n) is 11.5. The molecule has 1 aromatic heterocycles. The fraction of sp³-hybridized carbons (Fsp3) is 0.667. The van der Waals surface area contributed by atoms with E-state index in [9.17, 15) is 13.2 Å². The van der Waals surface area contributed by atoms with Crippen molar-refractivity contribution in [3.63, 3.8) is 0 Å². The molecule has 0 unspecified atom stereocenters. The molecule has 1 heterocycles. The van der Waals surface area contributed by atoms with E-state index >= 15 is 0 Å². The molecule has 1 saturated carbocycles. The number of pyridine rings is 1. The maximum Gasteiger partial charge on any atom is 0.433 e. The van der Waals surface area contributed by atoms with Crippen molar-refractivity contribution in [2.24, 2.45) is 11.7 Å². The van der Waals surface area contributed by atoms with Gasteiger partial charge in [0.1, 0.15) is 5.69 Å². The number of nitrogens with two attached hydrogens (primary N) is 1. The number of aromatic nitrogens is 1. The summed E-state index contributed by atoms with van der Waals surface area (Å²) in [5.74, 6) is 0.854. The molecule has 2 rings (SSSR count). The third kappa shape index (κ3) is 3.95. The highest BCUT2D eigenvalue weighted by atomic mass is 19.4. The first kappa shape index (κ1) is 15.3. The van der Waals surface area contributed by atoms with Gasteiger partial charge in [-0.05, 0) is 63.1 Å². The number of hydrogen-bond acceptors (Lipinski definition) is 2. The highest BCUT2D eigenvalue weighted by Crippen LogP contribution is 2.37. The molecule has 0 amide bonds. The largest absolute Gasteiger partial charge is 0.433 e. The third-order valence-corrected chi connectivity index (χ3v) is 4.14. The summed E-state index contributed by atoms with van der Waals surface area (Å²) in [7, 11) is 0. The van der Waals surface area contributed by atoms with Gasteiger partial charge in [-0.2, -0.15) is 13.2 Å². The first-order valence-electron chi connectivity index (χ1n) is 7.25. The van der Waals surface area contributed by atoms with Gasteiger partial charge in [-0.1, -0.05) is 6.07 Å². The van der Waals surface area contributed by atoms with Crippen LogP contribution in [0, 0.1) is 5.92 Å². The molecule has 0 spiro atoms. The van der Waals surface area contributed by atoms with E-state index in [1.807, 2.05) is 0 Å². The fourth-order valence-electron chi connectivity index (χ4n) is 2.99. The highest BCUT2D eigenvalue weighted by Gasteiger charge is 2.33. The Morgan fingerprint density at radius 2 is 1.85 bits per heavy atom. The van der Waals surface area contributed by atoms with Crippen LogP contribution in [0.2, 0.25) is 0 Å². The Morgan fingerprint density at radius 3 is 2.45 bits per heavy atom. The summed E-state index contributed by atoms with van der Waals surface area (Å²) in [5, 5.41) is 0. The van der Waals surface area contributed by atoms with Gasteiger partial charge in [0.2, 0.25) is 0 Å². The topological polar surface area (TPSA) is 38.9 Å². The van der Waals surface area contributed by atoms with Crippen molar-refractivity contribution < 1.29 is 13.2 Å². The smallest absolute Gasteiger partial charge is 0.330 e. The molecule has 1 aliphatic carbocycles. The number of rotatable bonds is 4. The lowest BCUT2D eigenvalue weighted by Gasteiger charge is -2.28. The minimum Gasteiger partial charge on any atom is -0.330 e. The lowest BCUT2D eigenvalue weighted by Crippen LogP contribution is -2.17. The Bertz CT molecular complexity index is 423. The first-order valence-corrected chi connectivity index (χ1v) is 7.25. The quantitative estimate of drug-likeness (QED) is 0.904. The average molecular weight is 286 g/mol. The van der Waals surface area contributed by atoms with Gasteiger partial charge in [-0.3, -0.25) is 0 Å². The van der Waals surface area contributed by atoms with Crippen LogP contribution >= 0.6 is 0 Å². The molecule has 5 heteroatoms. The molecule has 0 saturated heterocycles. The van der Waals surface area contributed by atoms with Crippen LogP contribution in [-0.2, 0) is 6.18 Å². The molecule has 2 N–H and O–H groups in total. The van der Waals surface area contributed by atoms with Gasteiger partial charge in [-0.15, -0.1) is 0 Å². The molecule has 1 aromatic rings. The van der Waals surface area contributed by atoms with E-state index in [2.05, 4.69) is 4.98 Å². The molecule has 0 bridgehead atoms. The van der Waals surface area contributed by atoms with Crippen LogP contribution in [0.15, 0.2) is 18.2 Å². The fourth-order valence-corrected chi connectivity index (χ4v) is 2.99. The molecular formula is C15H21F3N2. The predicted octanol–water partition coefficient (Wildman–Crippen LogP) is 4.11. The molecular weight excluding hydrogens is 265 g/mol. The number of halogens is 3. The Labute approximate surface area is 117 Å². The molecule has 2 nitrogen and oxygen atoms in total. The van der Waals surface area contributed by atoms with Crippen LogP contribution < -0.4 is 5.73 Å². The van der Waals surface area contributed by atoms with Crippen LogP contribution in [0.5, 0.6) is 0 Å². The summed E-state index contributed by atoms with van der Waals surface area (Å²) in [6.07, 6.45) is 1.84. The zero-order valence-corrected chi connectivity index (χ0v) is 11.5. The van der Waals surface area contributed by atoms with Gasteiger partial charge in [0.25, 0.3) is 0 Å². The second-order valence-corrected chi connectivity index (χ2v) is 5.59. The van der Waals surface area contributed by atoms with E-state index in [1.165, 1.54) is 6.07 Å². The minimum absolute atomic E-state index is 0.173. The van der Waals surface area contributed by atoms with E-state index in [1.54, 1.807) is 6.07 Å². The van der Waals surface area contributed by atoms with Crippen molar-refractivity contribution in [3.05, 3.63) is 29.6 Å². The van der Waals surface area contributed by atoms with E-state index in [0.717, 1.165) is 51.1 Å². The standard InChI is InChI=1S/C15H21F3N2/c16-15(17,18)14-5-1-4-13(20-14)12-8-6-11(7-9-12)3-2-10-19/h1,4-5,11-12H,2-3,6-10,19H2. The monoisotopic (exact) mass is 286 g/mol. The van der Waals surface area contributed by atoms with Crippen molar-refractivity contribution in [1.29, 1.82) is 0 Å². The Kier molecular flexibility index (Phi) is 5.02. The lowest BCUT2D eigenvalue weighted by molar-refractivity contribution is -0.141. The van der Waals surface area contributed by atoms with Crippen LogP contribution in [0.25, 0.3) is 0 Å². The summed E-state index contributed by atoms with van der Waals surface area (Å²) in [6.45, 7) is 0.717. The van der Waals surface area contributed by atoms with Gasteiger partial charge in [0.05, 0.1) is 0 Å². The van der Waals surface area contributed by atoms with Gasteiger partial charge < -0.3 is 5.73 Å². The summed E-state index contributed by atoms with van der Waals surface area (Å²) in [4.78, 5) is 3.81. The van der Waals surface area contributed by atoms with Crippen molar-refractivity contribution in [3.8, 4) is 0 Å². The van der Waals surface area contributed by atoms with Crippen LogP contribution in [0.1, 0.15) is 55.8 Å². The van der Waals surface area contributed by atoms with Crippen molar-refractivity contribution in [1.82, 2.24) is 4.98 Å². The van der Waals surface area contributed by atoms with E-state index in [4.69, 9.17) is 5.73 Å². The lowest BCUT2D eigenvalue weighted by atomic mass is 9.78. The van der Waals surface area contributed by atoms with E-state index in [0.29, 0.717) is 11.6 Å². The maximum atomic E-state index is 12.7. The first-order chi connectivity index (χ1) is 9.50. The number of hydrogen-bond donors (Lipinski definition) is 1. The summed E-state index contributed by atoms with van der Waals surface area (Å²) < 4.78 is 38.0. The van der Waals surface area contributed by atoms with Gasteiger partial charge >= 0.3 is 6.18 Å². The molecule has 1 aliphatic rings. The highest BCUT2D eigenvalue weighted by molar-refractivity contribution is 5.17. The molecule has 112 valence electrons. The van der Waals surface area contributed by atoms with Crippen LogP contribution in [-0.4, -0.2) is 11.5 Å². The Balaban J connectivity index is 1.97. The second-order valence-electron chi connectivity index (χ2n) is 5.59.